The van der Waals surface area contributed by atoms with Gasteiger partial charge in [0.05, 0.1) is 5.75 Å². The predicted octanol–water partition coefficient (Wildman–Crippen LogP) is 0.593. The molecule has 0 aromatic carbocycles. The van der Waals surface area contributed by atoms with Crippen molar-refractivity contribution in [2.24, 2.45) is 10.9 Å². The molecule has 1 aliphatic rings. The highest BCUT2D eigenvalue weighted by Gasteiger charge is 2.23. The largest absolute Gasteiger partial charge is 0.381 e. The molecule has 1 saturated heterocycles. The van der Waals surface area contributed by atoms with E-state index >= 15 is 0 Å². The van der Waals surface area contributed by atoms with Gasteiger partial charge in [-0.05, 0) is 12.3 Å². The predicted molar refractivity (Wildman–Crippen MR) is 102 cm³/mol. The Hall–Kier alpha value is -0.510. The molecule has 2 N–H and O–H groups in total. The monoisotopic (exact) mass is 380 g/mol. The second-order valence-electron chi connectivity index (χ2n) is 6.08. The third-order valence-electron chi connectivity index (χ3n) is 3.45. The molecule has 0 unspecified atom stereocenters. The van der Waals surface area contributed by atoms with E-state index in [9.17, 15) is 8.42 Å². The molecule has 142 valence electrons. The smallest absolute Gasteiger partial charge is 0.215 e. The zero-order valence-corrected chi connectivity index (χ0v) is 16.7. The molecule has 0 atom stereocenters. The van der Waals surface area contributed by atoms with Crippen molar-refractivity contribution in [3.63, 3.8) is 0 Å². The summed E-state index contributed by atoms with van der Waals surface area (Å²) in [4.78, 5) is 4.11. The van der Waals surface area contributed by atoms with Crippen LogP contribution in [0.25, 0.3) is 0 Å². The summed E-state index contributed by atoms with van der Waals surface area (Å²) < 4.78 is 31.6. The molecule has 1 rings (SSSR count). The topological polar surface area (TPSA) is 83.0 Å². The molecule has 1 fully saturated rings. The van der Waals surface area contributed by atoms with Gasteiger partial charge in [-0.15, -0.1) is 0 Å². The lowest BCUT2D eigenvalue weighted by atomic mass is 10.2. The van der Waals surface area contributed by atoms with Gasteiger partial charge >= 0.3 is 0 Å². The number of thioether (sulfide) groups is 1. The molecule has 0 aromatic rings. The van der Waals surface area contributed by atoms with Crippen LogP contribution in [0, 0.1) is 5.92 Å². The van der Waals surface area contributed by atoms with E-state index in [0.29, 0.717) is 38.1 Å². The van der Waals surface area contributed by atoms with Gasteiger partial charge in [0.15, 0.2) is 5.96 Å². The van der Waals surface area contributed by atoms with Gasteiger partial charge in [0.25, 0.3) is 0 Å². The molecule has 1 aliphatic heterocycles. The molecule has 0 amide bonds. The Morgan fingerprint density at radius 3 is 2.54 bits per heavy atom. The van der Waals surface area contributed by atoms with Gasteiger partial charge in [-0.25, -0.2) is 12.7 Å². The quantitative estimate of drug-likeness (QED) is 0.328. The summed E-state index contributed by atoms with van der Waals surface area (Å²) in [5.74, 6) is 3.04. The minimum Gasteiger partial charge on any atom is -0.381 e. The van der Waals surface area contributed by atoms with Crippen LogP contribution in [0.5, 0.6) is 0 Å². The first-order chi connectivity index (χ1) is 11.5. The van der Waals surface area contributed by atoms with Crippen molar-refractivity contribution in [3.05, 3.63) is 0 Å². The first kappa shape index (κ1) is 21.5. The summed E-state index contributed by atoms with van der Waals surface area (Å²) in [5, 5.41) is 6.23. The van der Waals surface area contributed by atoms with Crippen molar-refractivity contribution in [1.29, 1.82) is 0 Å². The van der Waals surface area contributed by atoms with E-state index in [1.807, 2.05) is 0 Å². The number of nitrogens with zero attached hydrogens (tertiary/aromatic N) is 2. The Balaban J connectivity index is 2.17. The number of aliphatic imine (C=N–C) groups is 1. The molecule has 7 nitrogen and oxygen atoms in total. The third kappa shape index (κ3) is 9.10. The number of nitrogens with one attached hydrogen (secondary N) is 2. The van der Waals surface area contributed by atoms with Crippen molar-refractivity contribution in [2.45, 2.75) is 20.3 Å². The molecule has 0 spiro atoms. The van der Waals surface area contributed by atoms with Gasteiger partial charge in [-0.2, -0.15) is 11.8 Å². The number of rotatable bonds is 10. The molecular weight excluding hydrogens is 348 g/mol. The number of hydrogen-bond donors (Lipinski definition) is 2. The van der Waals surface area contributed by atoms with Gasteiger partial charge in [0.1, 0.15) is 0 Å². The van der Waals surface area contributed by atoms with E-state index in [0.717, 1.165) is 31.1 Å². The Bertz CT molecular complexity index is 463. The Labute approximate surface area is 151 Å². The first-order valence-electron chi connectivity index (χ1n) is 8.53. The van der Waals surface area contributed by atoms with Gasteiger partial charge in [0.2, 0.25) is 10.0 Å². The maximum Gasteiger partial charge on any atom is 0.215 e. The lowest BCUT2D eigenvalue weighted by molar-refractivity contribution is 0.108. The van der Waals surface area contributed by atoms with Crippen molar-refractivity contribution >= 4 is 27.7 Å². The molecule has 0 aromatic heterocycles. The molecule has 0 aliphatic carbocycles. The van der Waals surface area contributed by atoms with E-state index in [1.165, 1.54) is 0 Å². The van der Waals surface area contributed by atoms with Crippen LogP contribution in [0.2, 0.25) is 0 Å². The highest BCUT2D eigenvalue weighted by Crippen LogP contribution is 2.12. The molecule has 24 heavy (non-hydrogen) atoms. The minimum atomic E-state index is -3.17. The van der Waals surface area contributed by atoms with Crippen molar-refractivity contribution in [2.75, 3.05) is 63.7 Å². The van der Waals surface area contributed by atoms with E-state index in [1.54, 1.807) is 23.1 Å². The first-order valence-corrected chi connectivity index (χ1v) is 11.3. The summed E-state index contributed by atoms with van der Waals surface area (Å²) in [5.41, 5.74) is 0. The Morgan fingerprint density at radius 2 is 1.92 bits per heavy atom. The number of guanidine groups is 1. The molecular formula is C15H32N4O3S2. The van der Waals surface area contributed by atoms with Gasteiger partial charge in [-0.3, -0.25) is 4.99 Å². The summed E-state index contributed by atoms with van der Waals surface area (Å²) in [6.07, 6.45) is 0.886. The highest BCUT2D eigenvalue weighted by molar-refractivity contribution is 7.99. The van der Waals surface area contributed by atoms with Crippen LogP contribution in [-0.4, -0.2) is 82.4 Å². The second-order valence-corrected chi connectivity index (χ2v) is 9.39. The zero-order valence-electron chi connectivity index (χ0n) is 15.1. The average molecular weight is 381 g/mol. The van der Waals surface area contributed by atoms with Crippen LogP contribution in [0.3, 0.4) is 0 Å². The van der Waals surface area contributed by atoms with Crippen LogP contribution < -0.4 is 10.6 Å². The fourth-order valence-electron chi connectivity index (χ4n) is 2.17. The summed E-state index contributed by atoms with van der Waals surface area (Å²) in [6.45, 7) is 8.08. The van der Waals surface area contributed by atoms with E-state index in [-0.39, 0.29) is 5.75 Å². The van der Waals surface area contributed by atoms with Crippen LogP contribution in [0.15, 0.2) is 4.99 Å². The van der Waals surface area contributed by atoms with Gasteiger partial charge in [-0.1, -0.05) is 13.8 Å². The summed E-state index contributed by atoms with van der Waals surface area (Å²) in [7, 11) is -1.49. The maximum atomic E-state index is 12.2. The normalized spacial score (nSPS) is 17.2. The molecule has 0 saturated carbocycles. The van der Waals surface area contributed by atoms with E-state index in [4.69, 9.17) is 4.74 Å². The Morgan fingerprint density at radius 1 is 1.25 bits per heavy atom. The minimum absolute atomic E-state index is 0.0931. The van der Waals surface area contributed by atoms with Crippen LogP contribution in [0.1, 0.15) is 20.3 Å². The molecule has 9 heteroatoms. The number of hydrogen-bond acceptors (Lipinski definition) is 5. The van der Waals surface area contributed by atoms with Crippen LogP contribution in [-0.2, 0) is 14.8 Å². The SMILES string of the molecule is CN=C(NCCCOCC(C)C)NCCS(=O)(=O)N1CCSCC1. The van der Waals surface area contributed by atoms with E-state index in [2.05, 4.69) is 29.5 Å². The van der Waals surface area contributed by atoms with Gasteiger partial charge in [0, 0.05) is 57.9 Å². The lowest BCUT2D eigenvalue weighted by Crippen LogP contribution is -2.44. The summed E-state index contributed by atoms with van der Waals surface area (Å²) >= 11 is 1.80. The lowest BCUT2D eigenvalue weighted by Gasteiger charge is -2.25. The number of ether oxygens (including phenoxy) is 1. The highest BCUT2D eigenvalue weighted by atomic mass is 32.2. The van der Waals surface area contributed by atoms with Gasteiger partial charge < -0.3 is 15.4 Å². The molecule has 0 bridgehead atoms. The van der Waals surface area contributed by atoms with Crippen molar-refractivity contribution in [1.82, 2.24) is 14.9 Å². The van der Waals surface area contributed by atoms with Crippen molar-refractivity contribution in [3.8, 4) is 0 Å². The fourth-order valence-corrected chi connectivity index (χ4v) is 4.66. The average Bonchev–Trinajstić information content (AvgIpc) is 2.56. The number of sulfonamides is 1. The molecule has 1 heterocycles. The standard InChI is InChI=1S/C15H32N4O3S2/c1-14(2)13-22-9-4-5-17-15(16-3)18-6-12-24(20,21)19-7-10-23-11-8-19/h14H,4-13H2,1-3H3,(H2,16,17,18). The molecule has 0 radical (unpaired) electrons. The van der Waals surface area contributed by atoms with Crippen LogP contribution >= 0.6 is 11.8 Å². The van der Waals surface area contributed by atoms with E-state index < -0.39 is 10.0 Å². The zero-order chi connectivity index (χ0) is 17.8. The van der Waals surface area contributed by atoms with Crippen LogP contribution in [0.4, 0.5) is 0 Å². The summed E-state index contributed by atoms with van der Waals surface area (Å²) in [6, 6.07) is 0. The maximum absolute atomic E-state index is 12.2. The fraction of sp³-hybridized carbons (Fsp3) is 0.933. The third-order valence-corrected chi connectivity index (χ3v) is 6.26. The van der Waals surface area contributed by atoms with Crippen molar-refractivity contribution < 1.29 is 13.2 Å². The second kappa shape index (κ2) is 11.9. The Kier molecular flexibility index (Phi) is 10.7.